The highest BCUT2D eigenvalue weighted by molar-refractivity contribution is 5.92. The first-order valence-electron chi connectivity index (χ1n) is 8.87. The van der Waals surface area contributed by atoms with Gasteiger partial charge >= 0.3 is 6.09 Å². The normalized spacial score (nSPS) is 16.1. The molecule has 0 aliphatic carbocycles. The molecule has 1 aliphatic heterocycles. The first kappa shape index (κ1) is 19.3. The molecule has 0 unspecified atom stereocenters. The number of amides is 2. The van der Waals surface area contributed by atoms with Gasteiger partial charge in [0.1, 0.15) is 0 Å². The molecule has 1 aromatic rings. The summed E-state index contributed by atoms with van der Waals surface area (Å²) in [7, 11) is 1.38. The zero-order valence-corrected chi connectivity index (χ0v) is 16.2. The molecule has 0 saturated carbocycles. The van der Waals surface area contributed by atoms with Crippen molar-refractivity contribution in [2.24, 2.45) is 0 Å². The van der Waals surface area contributed by atoms with Crippen molar-refractivity contribution in [3.05, 3.63) is 17.5 Å². The molecule has 0 atom stereocenters. The highest BCUT2D eigenvalue weighted by atomic mass is 16.5. The van der Waals surface area contributed by atoms with E-state index >= 15 is 0 Å². The van der Waals surface area contributed by atoms with E-state index in [1.165, 1.54) is 7.11 Å². The Hall–Kier alpha value is -2.05. The van der Waals surface area contributed by atoms with Crippen LogP contribution in [0.25, 0.3) is 0 Å². The summed E-state index contributed by atoms with van der Waals surface area (Å²) < 4.78 is 6.72. The molecule has 0 aromatic carbocycles. The van der Waals surface area contributed by atoms with E-state index in [0.717, 1.165) is 12.1 Å². The second-order valence-electron chi connectivity index (χ2n) is 7.79. The van der Waals surface area contributed by atoms with Crippen molar-refractivity contribution in [2.45, 2.75) is 52.5 Å². The minimum absolute atomic E-state index is 0.0726. The van der Waals surface area contributed by atoms with Crippen LogP contribution >= 0.6 is 0 Å². The molecule has 0 bridgehead atoms. The molecule has 7 heteroatoms. The Bertz CT molecular complexity index is 631. The van der Waals surface area contributed by atoms with Crippen LogP contribution in [0.3, 0.4) is 0 Å². The van der Waals surface area contributed by atoms with Gasteiger partial charge in [-0.05, 0) is 39.2 Å². The van der Waals surface area contributed by atoms with Gasteiger partial charge in [0.15, 0.2) is 5.69 Å². The van der Waals surface area contributed by atoms with Gasteiger partial charge in [-0.3, -0.25) is 9.48 Å². The van der Waals surface area contributed by atoms with Crippen LogP contribution in [0.1, 0.15) is 63.1 Å². The van der Waals surface area contributed by atoms with E-state index in [-0.39, 0.29) is 23.5 Å². The lowest BCUT2D eigenvalue weighted by molar-refractivity contribution is 0.0749. The van der Waals surface area contributed by atoms with Gasteiger partial charge in [-0.2, -0.15) is 5.10 Å². The molecule has 1 saturated heterocycles. The van der Waals surface area contributed by atoms with Crippen molar-refractivity contribution in [3.8, 4) is 0 Å². The summed E-state index contributed by atoms with van der Waals surface area (Å²) in [4.78, 5) is 28.0. The molecule has 1 aromatic heterocycles. The van der Waals surface area contributed by atoms with Crippen LogP contribution in [0.15, 0.2) is 6.07 Å². The third kappa shape index (κ3) is 4.32. The minimum atomic E-state index is -0.339. The van der Waals surface area contributed by atoms with Crippen molar-refractivity contribution in [3.63, 3.8) is 0 Å². The standard InChI is InChI=1S/C18H30N4O3/c1-13(2)15-12-14(19-22(15)18(3,4)5)16(23)20-8-7-9-21(11-10-20)17(24)25-6/h12-13H,7-11H2,1-6H3. The smallest absolute Gasteiger partial charge is 0.409 e. The number of carbonyl (C=O) groups is 2. The van der Waals surface area contributed by atoms with E-state index in [1.54, 1.807) is 9.80 Å². The van der Waals surface area contributed by atoms with E-state index in [2.05, 4.69) is 39.7 Å². The van der Waals surface area contributed by atoms with Gasteiger partial charge < -0.3 is 14.5 Å². The Morgan fingerprint density at radius 1 is 1.12 bits per heavy atom. The Labute approximate surface area is 149 Å². The molecule has 1 aliphatic rings. The van der Waals surface area contributed by atoms with Crippen LogP contribution < -0.4 is 0 Å². The number of hydrogen-bond donors (Lipinski definition) is 0. The summed E-state index contributed by atoms with van der Waals surface area (Å²) >= 11 is 0. The zero-order valence-electron chi connectivity index (χ0n) is 16.2. The molecular weight excluding hydrogens is 320 g/mol. The predicted octanol–water partition coefficient (Wildman–Crippen LogP) is 2.68. The fourth-order valence-electron chi connectivity index (χ4n) is 3.04. The average Bonchev–Trinajstić information content (AvgIpc) is 2.86. The molecule has 2 amide bonds. The second kappa shape index (κ2) is 7.45. The lowest BCUT2D eigenvalue weighted by atomic mass is 10.1. The van der Waals surface area contributed by atoms with Gasteiger partial charge in [0.2, 0.25) is 0 Å². The lowest BCUT2D eigenvalue weighted by Crippen LogP contribution is -2.37. The highest BCUT2D eigenvalue weighted by Gasteiger charge is 2.28. The van der Waals surface area contributed by atoms with Crippen LogP contribution in [0.4, 0.5) is 4.79 Å². The maximum absolute atomic E-state index is 12.9. The van der Waals surface area contributed by atoms with Crippen LogP contribution in [0.5, 0.6) is 0 Å². The molecule has 25 heavy (non-hydrogen) atoms. The number of ether oxygens (including phenoxy) is 1. The monoisotopic (exact) mass is 350 g/mol. The Balaban J connectivity index is 2.19. The number of hydrogen-bond acceptors (Lipinski definition) is 4. The quantitative estimate of drug-likeness (QED) is 0.822. The molecule has 2 heterocycles. The highest BCUT2D eigenvalue weighted by Crippen LogP contribution is 2.24. The van der Waals surface area contributed by atoms with E-state index < -0.39 is 0 Å². The summed E-state index contributed by atoms with van der Waals surface area (Å²) in [6.07, 6.45) is 0.395. The molecule has 1 fully saturated rings. The predicted molar refractivity (Wildman–Crippen MR) is 95.8 cm³/mol. The number of methoxy groups -OCH3 is 1. The Kier molecular flexibility index (Phi) is 5.75. The van der Waals surface area contributed by atoms with Crippen LogP contribution in [-0.2, 0) is 10.3 Å². The second-order valence-corrected chi connectivity index (χ2v) is 7.79. The van der Waals surface area contributed by atoms with Gasteiger partial charge in [-0.25, -0.2) is 4.79 Å². The summed E-state index contributed by atoms with van der Waals surface area (Å²) in [5.74, 6) is 0.212. The van der Waals surface area contributed by atoms with Crippen molar-refractivity contribution in [2.75, 3.05) is 33.3 Å². The third-order valence-electron chi connectivity index (χ3n) is 4.40. The van der Waals surface area contributed by atoms with E-state index in [0.29, 0.717) is 31.9 Å². The lowest BCUT2D eigenvalue weighted by Gasteiger charge is -2.24. The summed E-state index contributed by atoms with van der Waals surface area (Å²) in [5, 5.41) is 4.60. The molecule has 140 valence electrons. The largest absolute Gasteiger partial charge is 0.453 e. The SMILES string of the molecule is COC(=O)N1CCCN(C(=O)c2cc(C(C)C)n(C(C)(C)C)n2)CC1. The third-order valence-corrected chi connectivity index (χ3v) is 4.40. The minimum Gasteiger partial charge on any atom is -0.453 e. The fraction of sp³-hybridized carbons (Fsp3) is 0.722. The summed E-state index contributed by atoms with van der Waals surface area (Å²) in [6, 6.07) is 1.90. The average molecular weight is 350 g/mol. The van der Waals surface area contributed by atoms with Crippen molar-refractivity contribution < 1.29 is 14.3 Å². The van der Waals surface area contributed by atoms with E-state index in [4.69, 9.17) is 4.74 Å². The summed E-state index contributed by atoms with van der Waals surface area (Å²) in [5.41, 5.74) is 1.35. The van der Waals surface area contributed by atoms with Gasteiger partial charge in [0.25, 0.3) is 5.91 Å². The van der Waals surface area contributed by atoms with Gasteiger partial charge in [-0.1, -0.05) is 13.8 Å². The summed E-state index contributed by atoms with van der Waals surface area (Å²) in [6.45, 7) is 12.7. The van der Waals surface area contributed by atoms with Crippen molar-refractivity contribution in [1.29, 1.82) is 0 Å². The topological polar surface area (TPSA) is 67.7 Å². The molecule has 7 nitrogen and oxygen atoms in total. The molecule has 0 radical (unpaired) electrons. The number of rotatable bonds is 2. The Morgan fingerprint density at radius 2 is 1.72 bits per heavy atom. The van der Waals surface area contributed by atoms with Crippen LogP contribution in [-0.4, -0.2) is 64.9 Å². The maximum atomic E-state index is 12.9. The van der Waals surface area contributed by atoms with Gasteiger partial charge in [0, 0.05) is 31.9 Å². The molecule has 0 spiro atoms. The zero-order chi connectivity index (χ0) is 18.8. The maximum Gasteiger partial charge on any atom is 0.409 e. The van der Waals surface area contributed by atoms with Crippen molar-refractivity contribution in [1.82, 2.24) is 19.6 Å². The number of aromatic nitrogens is 2. The van der Waals surface area contributed by atoms with Crippen LogP contribution in [0, 0.1) is 0 Å². The van der Waals surface area contributed by atoms with E-state index in [1.807, 2.05) is 10.7 Å². The number of nitrogens with zero attached hydrogens (tertiary/aromatic N) is 4. The van der Waals surface area contributed by atoms with Crippen molar-refractivity contribution >= 4 is 12.0 Å². The first-order valence-corrected chi connectivity index (χ1v) is 8.87. The Morgan fingerprint density at radius 3 is 2.24 bits per heavy atom. The van der Waals surface area contributed by atoms with Gasteiger partial charge in [-0.15, -0.1) is 0 Å². The van der Waals surface area contributed by atoms with E-state index in [9.17, 15) is 9.59 Å². The van der Waals surface area contributed by atoms with Gasteiger partial charge in [0.05, 0.1) is 12.6 Å². The first-order chi connectivity index (χ1) is 11.6. The molecule has 0 N–H and O–H groups in total. The fourth-order valence-corrected chi connectivity index (χ4v) is 3.04. The van der Waals surface area contributed by atoms with Crippen LogP contribution in [0.2, 0.25) is 0 Å². The molecular formula is C18H30N4O3. The number of carbonyl (C=O) groups excluding carboxylic acids is 2. The molecule has 2 rings (SSSR count).